The molecule has 58 valence electrons. The first kappa shape index (κ1) is 6.66. The van der Waals surface area contributed by atoms with Gasteiger partial charge in [-0.3, -0.25) is 0 Å². The van der Waals surface area contributed by atoms with Crippen LogP contribution in [-0.4, -0.2) is 11.7 Å². The van der Waals surface area contributed by atoms with Crippen LogP contribution in [0, 0.1) is 16.7 Å². The molecule has 0 aromatic carbocycles. The van der Waals surface area contributed by atoms with Gasteiger partial charge in [0.15, 0.2) is 0 Å². The molecule has 2 rings (SSSR count). The lowest BCUT2D eigenvalue weighted by Gasteiger charge is -2.18. The topological polar surface area (TPSA) is 20.2 Å². The van der Waals surface area contributed by atoms with Crippen molar-refractivity contribution in [1.82, 2.24) is 0 Å². The molecule has 0 radical (unpaired) electrons. The van der Waals surface area contributed by atoms with E-state index in [0.29, 0.717) is 23.4 Å². The normalized spacial score (nSPS) is 48.9. The van der Waals surface area contributed by atoms with E-state index in [-0.39, 0.29) is 0 Å². The SMILES string of the molecule is CC1([C@@]2(C)C[C@@H]2CO)CC1. The van der Waals surface area contributed by atoms with Gasteiger partial charge in [0.05, 0.1) is 0 Å². The zero-order valence-electron chi connectivity index (χ0n) is 6.85. The molecule has 0 aromatic heterocycles. The van der Waals surface area contributed by atoms with Gasteiger partial charge in [-0.15, -0.1) is 0 Å². The fourth-order valence-corrected chi connectivity index (χ4v) is 2.22. The first-order chi connectivity index (χ1) is 4.62. The van der Waals surface area contributed by atoms with Gasteiger partial charge in [0.2, 0.25) is 0 Å². The van der Waals surface area contributed by atoms with Gasteiger partial charge < -0.3 is 5.11 Å². The smallest absolute Gasteiger partial charge is 0.0464 e. The van der Waals surface area contributed by atoms with Gasteiger partial charge in [-0.1, -0.05) is 13.8 Å². The molecule has 2 aliphatic rings. The molecule has 0 saturated heterocycles. The molecule has 1 heteroatoms. The van der Waals surface area contributed by atoms with Crippen LogP contribution in [0.1, 0.15) is 33.1 Å². The van der Waals surface area contributed by atoms with Crippen LogP contribution >= 0.6 is 0 Å². The van der Waals surface area contributed by atoms with Gasteiger partial charge in [-0.25, -0.2) is 0 Å². The Labute approximate surface area is 62.4 Å². The Morgan fingerprint density at radius 1 is 1.40 bits per heavy atom. The highest BCUT2D eigenvalue weighted by Gasteiger charge is 2.65. The van der Waals surface area contributed by atoms with Crippen LogP contribution < -0.4 is 0 Å². The minimum Gasteiger partial charge on any atom is -0.396 e. The second kappa shape index (κ2) is 1.58. The van der Waals surface area contributed by atoms with Crippen LogP contribution in [0.2, 0.25) is 0 Å². The van der Waals surface area contributed by atoms with Crippen molar-refractivity contribution >= 4 is 0 Å². The van der Waals surface area contributed by atoms with E-state index < -0.39 is 0 Å². The minimum atomic E-state index is 0.409. The van der Waals surface area contributed by atoms with E-state index in [1.807, 2.05) is 0 Å². The summed E-state index contributed by atoms with van der Waals surface area (Å²) in [5.74, 6) is 0.625. The van der Waals surface area contributed by atoms with Crippen LogP contribution in [0.25, 0.3) is 0 Å². The predicted octanol–water partition coefficient (Wildman–Crippen LogP) is 1.80. The number of aliphatic hydroxyl groups excluding tert-OH is 1. The molecular weight excluding hydrogens is 124 g/mol. The molecule has 2 fully saturated rings. The number of hydrogen-bond donors (Lipinski definition) is 1. The van der Waals surface area contributed by atoms with Crippen molar-refractivity contribution in [2.75, 3.05) is 6.61 Å². The zero-order chi connectivity index (χ0) is 7.41. The highest BCUT2D eigenvalue weighted by Crippen LogP contribution is 2.72. The molecular formula is C9H16O. The van der Waals surface area contributed by atoms with E-state index >= 15 is 0 Å². The maximum Gasteiger partial charge on any atom is 0.0464 e. The van der Waals surface area contributed by atoms with Crippen molar-refractivity contribution in [3.63, 3.8) is 0 Å². The third kappa shape index (κ3) is 0.619. The van der Waals surface area contributed by atoms with Crippen LogP contribution in [-0.2, 0) is 0 Å². The Hall–Kier alpha value is -0.0400. The van der Waals surface area contributed by atoms with Crippen LogP contribution in [0.3, 0.4) is 0 Å². The van der Waals surface area contributed by atoms with Crippen molar-refractivity contribution in [3.8, 4) is 0 Å². The monoisotopic (exact) mass is 140 g/mol. The number of aliphatic hydroxyl groups is 1. The fraction of sp³-hybridized carbons (Fsp3) is 1.00. The van der Waals surface area contributed by atoms with Crippen LogP contribution in [0.15, 0.2) is 0 Å². The summed E-state index contributed by atoms with van der Waals surface area (Å²) in [5.41, 5.74) is 1.13. The molecule has 0 amide bonds. The van der Waals surface area contributed by atoms with Crippen LogP contribution in [0.5, 0.6) is 0 Å². The second-order valence-corrected chi connectivity index (χ2v) is 4.56. The molecule has 1 nitrogen and oxygen atoms in total. The average Bonchev–Trinajstić information content (AvgIpc) is 2.73. The van der Waals surface area contributed by atoms with Gasteiger partial charge in [0.1, 0.15) is 0 Å². The van der Waals surface area contributed by atoms with Gasteiger partial charge >= 0.3 is 0 Å². The van der Waals surface area contributed by atoms with E-state index in [4.69, 9.17) is 5.11 Å². The van der Waals surface area contributed by atoms with E-state index in [0.717, 1.165) is 0 Å². The third-order valence-electron chi connectivity index (χ3n) is 4.01. The van der Waals surface area contributed by atoms with E-state index in [1.165, 1.54) is 19.3 Å². The predicted molar refractivity (Wildman–Crippen MR) is 40.6 cm³/mol. The maximum absolute atomic E-state index is 8.93. The van der Waals surface area contributed by atoms with Crippen LogP contribution in [0.4, 0.5) is 0 Å². The van der Waals surface area contributed by atoms with Gasteiger partial charge in [0, 0.05) is 6.61 Å². The number of rotatable bonds is 2. The largest absolute Gasteiger partial charge is 0.396 e. The summed E-state index contributed by atoms with van der Waals surface area (Å²) in [5, 5.41) is 8.93. The zero-order valence-corrected chi connectivity index (χ0v) is 6.85. The summed E-state index contributed by atoms with van der Waals surface area (Å²) in [4.78, 5) is 0. The fourth-order valence-electron chi connectivity index (χ4n) is 2.22. The lowest BCUT2D eigenvalue weighted by atomic mass is 9.87. The summed E-state index contributed by atoms with van der Waals surface area (Å²) in [7, 11) is 0. The Morgan fingerprint density at radius 2 is 2.00 bits per heavy atom. The Balaban J connectivity index is 2.06. The molecule has 0 unspecified atom stereocenters. The molecule has 2 aliphatic carbocycles. The summed E-state index contributed by atoms with van der Waals surface area (Å²) >= 11 is 0. The van der Waals surface area contributed by atoms with Crippen molar-refractivity contribution in [2.45, 2.75) is 33.1 Å². The summed E-state index contributed by atoms with van der Waals surface area (Å²) in [6, 6.07) is 0. The molecule has 0 spiro atoms. The van der Waals surface area contributed by atoms with Gasteiger partial charge in [0.25, 0.3) is 0 Å². The van der Waals surface area contributed by atoms with E-state index in [1.54, 1.807) is 0 Å². The molecule has 0 heterocycles. The Bertz CT molecular complexity index is 160. The lowest BCUT2D eigenvalue weighted by Crippen LogP contribution is -2.13. The third-order valence-corrected chi connectivity index (χ3v) is 4.01. The summed E-state index contributed by atoms with van der Waals surface area (Å²) in [6.07, 6.45) is 4.04. The first-order valence-electron chi connectivity index (χ1n) is 4.23. The summed E-state index contributed by atoms with van der Waals surface area (Å²) in [6.45, 7) is 5.11. The highest BCUT2D eigenvalue weighted by molar-refractivity contribution is 5.14. The number of hydrogen-bond acceptors (Lipinski definition) is 1. The quantitative estimate of drug-likeness (QED) is 0.620. The van der Waals surface area contributed by atoms with Gasteiger partial charge in [-0.05, 0) is 36.0 Å². The highest BCUT2D eigenvalue weighted by atomic mass is 16.3. The first-order valence-corrected chi connectivity index (χ1v) is 4.23. The Kier molecular flexibility index (Phi) is 1.05. The Morgan fingerprint density at radius 3 is 2.30 bits per heavy atom. The van der Waals surface area contributed by atoms with Crippen molar-refractivity contribution in [2.24, 2.45) is 16.7 Å². The summed E-state index contributed by atoms with van der Waals surface area (Å²) < 4.78 is 0. The average molecular weight is 140 g/mol. The van der Waals surface area contributed by atoms with E-state index in [2.05, 4.69) is 13.8 Å². The van der Waals surface area contributed by atoms with Gasteiger partial charge in [-0.2, -0.15) is 0 Å². The minimum absolute atomic E-state index is 0.409. The molecule has 0 aromatic rings. The molecule has 2 saturated carbocycles. The molecule has 0 bridgehead atoms. The van der Waals surface area contributed by atoms with Crippen molar-refractivity contribution in [3.05, 3.63) is 0 Å². The van der Waals surface area contributed by atoms with Crippen molar-refractivity contribution < 1.29 is 5.11 Å². The maximum atomic E-state index is 8.93. The molecule has 1 N–H and O–H groups in total. The molecule has 2 atom stereocenters. The lowest BCUT2D eigenvalue weighted by molar-refractivity contribution is 0.218. The standard InChI is InChI=1S/C9H16O/c1-8(3-4-8)9(2)5-7(9)6-10/h7,10H,3-6H2,1-2H3/t7-,9+/m1/s1. The van der Waals surface area contributed by atoms with E-state index in [9.17, 15) is 0 Å². The molecule has 0 aliphatic heterocycles. The van der Waals surface area contributed by atoms with Crippen molar-refractivity contribution in [1.29, 1.82) is 0 Å². The molecule has 10 heavy (non-hydrogen) atoms. The second-order valence-electron chi connectivity index (χ2n) is 4.56.